The van der Waals surface area contributed by atoms with E-state index < -0.39 is 47.1 Å². The molecule has 0 radical (unpaired) electrons. The Kier molecular flexibility index (Phi) is 12.8. The minimum absolute atomic E-state index is 0.00396. The number of hydrogen-bond donors (Lipinski definition) is 0. The lowest BCUT2D eigenvalue weighted by Gasteiger charge is -2.23. The van der Waals surface area contributed by atoms with Crippen molar-refractivity contribution in [3.05, 3.63) is 117 Å². The van der Waals surface area contributed by atoms with Crippen molar-refractivity contribution < 1.29 is 45.8 Å². The molecule has 54 heavy (non-hydrogen) atoms. The Morgan fingerprint density at radius 2 is 1.81 bits per heavy atom. The first kappa shape index (κ1) is 40.4. The molecule has 1 aliphatic heterocycles. The largest absolute Gasteiger partial charge is 0.489 e. The lowest BCUT2D eigenvalue weighted by atomic mass is 9.99. The van der Waals surface area contributed by atoms with Gasteiger partial charge in [-0.3, -0.25) is 28.6 Å². The van der Waals surface area contributed by atoms with Crippen molar-refractivity contribution in [2.24, 2.45) is 5.92 Å². The highest BCUT2D eigenvalue weighted by Gasteiger charge is 2.39. The van der Waals surface area contributed by atoms with Gasteiger partial charge in [0.2, 0.25) is 10.0 Å². The SMILES string of the molecule is C=C/C(Cl)=C(C[C@H](OC(=O)CN1C(=O)c2ccc(N(Cc3ncccc3C)S(C)(=O)=O)cc2C1=O)c1ccc(OC(F)F)c(OCC2CC2)c1)\C(Cl)=C/C. The highest BCUT2D eigenvalue weighted by Crippen LogP contribution is 2.39. The predicted molar refractivity (Wildman–Crippen MR) is 199 cm³/mol. The first-order valence-electron chi connectivity index (χ1n) is 16.7. The Labute approximate surface area is 321 Å². The van der Waals surface area contributed by atoms with Gasteiger partial charge in [-0.15, -0.1) is 0 Å². The third kappa shape index (κ3) is 9.65. The Morgan fingerprint density at radius 1 is 1.09 bits per heavy atom. The Morgan fingerprint density at radius 3 is 2.44 bits per heavy atom. The summed E-state index contributed by atoms with van der Waals surface area (Å²) in [4.78, 5) is 45.7. The molecule has 16 heteroatoms. The van der Waals surface area contributed by atoms with Crippen LogP contribution < -0.4 is 13.8 Å². The van der Waals surface area contributed by atoms with Crippen molar-refractivity contribution in [3.63, 3.8) is 0 Å². The van der Waals surface area contributed by atoms with E-state index in [0.29, 0.717) is 21.7 Å². The topological polar surface area (TPSA) is 132 Å². The van der Waals surface area contributed by atoms with Crippen LogP contribution in [0.3, 0.4) is 0 Å². The summed E-state index contributed by atoms with van der Waals surface area (Å²) in [6.45, 7) is 3.33. The molecule has 1 saturated carbocycles. The van der Waals surface area contributed by atoms with Gasteiger partial charge in [-0.2, -0.15) is 8.78 Å². The van der Waals surface area contributed by atoms with Gasteiger partial charge >= 0.3 is 12.6 Å². The highest BCUT2D eigenvalue weighted by molar-refractivity contribution is 7.92. The van der Waals surface area contributed by atoms with E-state index in [1.807, 2.05) is 0 Å². The van der Waals surface area contributed by atoms with E-state index in [0.717, 1.165) is 29.0 Å². The van der Waals surface area contributed by atoms with Crippen LogP contribution in [-0.4, -0.2) is 62.1 Å². The van der Waals surface area contributed by atoms with Crippen LogP contribution in [0.5, 0.6) is 11.5 Å². The van der Waals surface area contributed by atoms with Gasteiger partial charge in [0.25, 0.3) is 11.8 Å². The van der Waals surface area contributed by atoms with Gasteiger partial charge in [-0.1, -0.05) is 54.1 Å². The van der Waals surface area contributed by atoms with Crippen LogP contribution >= 0.6 is 23.2 Å². The summed E-state index contributed by atoms with van der Waals surface area (Å²) >= 11 is 12.9. The Bertz CT molecular complexity index is 2140. The summed E-state index contributed by atoms with van der Waals surface area (Å²) in [6, 6.07) is 11.6. The fraction of sp³-hybridized carbons (Fsp3) is 0.316. The zero-order valence-corrected chi connectivity index (χ0v) is 31.9. The number of esters is 1. The van der Waals surface area contributed by atoms with E-state index in [-0.39, 0.29) is 63.9 Å². The van der Waals surface area contributed by atoms with Crippen molar-refractivity contribution in [2.75, 3.05) is 23.7 Å². The fourth-order valence-electron chi connectivity index (χ4n) is 5.67. The second kappa shape index (κ2) is 17.1. The first-order chi connectivity index (χ1) is 25.6. The minimum Gasteiger partial charge on any atom is -0.489 e. The number of hydrogen-bond acceptors (Lipinski definition) is 9. The van der Waals surface area contributed by atoms with E-state index in [4.69, 9.17) is 32.7 Å². The van der Waals surface area contributed by atoms with Crippen LogP contribution in [-0.2, 0) is 26.1 Å². The average molecular weight is 805 g/mol. The van der Waals surface area contributed by atoms with Crippen molar-refractivity contribution in [3.8, 4) is 11.5 Å². The number of allylic oxidation sites excluding steroid dienone is 4. The summed E-state index contributed by atoms with van der Waals surface area (Å²) in [5, 5.41) is 0.376. The molecule has 3 aromatic rings. The number of amides is 2. The van der Waals surface area contributed by atoms with Crippen LogP contribution in [0.25, 0.3) is 0 Å². The molecular weight excluding hydrogens is 767 g/mol. The normalized spacial score (nSPS) is 15.5. The third-order valence-corrected chi connectivity index (χ3v) is 10.7. The summed E-state index contributed by atoms with van der Waals surface area (Å²) in [6.07, 6.45) is 6.02. The number of pyridine rings is 1. The zero-order valence-electron chi connectivity index (χ0n) is 29.6. The lowest BCUT2D eigenvalue weighted by Crippen LogP contribution is -2.36. The van der Waals surface area contributed by atoms with E-state index >= 15 is 0 Å². The average Bonchev–Trinajstić information content (AvgIpc) is 3.94. The Hall–Kier alpha value is -4.79. The smallest absolute Gasteiger partial charge is 0.387 e. The maximum absolute atomic E-state index is 13.6. The predicted octanol–water partition coefficient (Wildman–Crippen LogP) is 7.84. The number of fused-ring (bicyclic) bond motifs is 1. The molecule has 0 N–H and O–H groups in total. The fourth-order valence-corrected chi connectivity index (χ4v) is 6.92. The molecule has 11 nitrogen and oxygen atoms in total. The molecule has 2 amide bonds. The lowest BCUT2D eigenvalue weighted by molar-refractivity contribution is -0.149. The maximum atomic E-state index is 13.6. The molecule has 0 bridgehead atoms. The molecule has 1 aromatic heterocycles. The molecular formula is C38H37Cl2F2N3O8S. The number of rotatable bonds is 17. The van der Waals surface area contributed by atoms with Gasteiger partial charge in [0.1, 0.15) is 12.6 Å². The van der Waals surface area contributed by atoms with E-state index in [1.165, 1.54) is 48.7 Å². The summed E-state index contributed by atoms with van der Waals surface area (Å²) in [5.41, 5.74) is 1.85. The first-order valence-corrected chi connectivity index (χ1v) is 19.3. The minimum atomic E-state index is -3.87. The number of benzene rings is 2. The summed E-state index contributed by atoms with van der Waals surface area (Å²) in [7, 11) is -3.87. The van der Waals surface area contributed by atoms with Crippen molar-refractivity contribution >= 4 is 56.7 Å². The number of alkyl halides is 2. The van der Waals surface area contributed by atoms with Gasteiger partial charge in [0, 0.05) is 22.7 Å². The number of halogens is 4. The molecule has 2 aromatic carbocycles. The van der Waals surface area contributed by atoms with Crippen molar-refractivity contribution in [1.29, 1.82) is 0 Å². The quantitative estimate of drug-likeness (QED) is 0.0761. The van der Waals surface area contributed by atoms with Gasteiger partial charge in [0.15, 0.2) is 11.5 Å². The number of aromatic nitrogens is 1. The van der Waals surface area contributed by atoms with Crippen LogP contribution in [0.15, 0.2) is 89.1 Å². The van der Waals surface area contributed by atoms with Crippen LogP contribution in [0, 0.1) is 12.8 Å². The number of imide groups is 1. The number of ether oxygens (including phenoxy) is 3. The number of anilines is 1. The number of sulfonamides is 1. The van der Waals surface area contributed by atoms with E-state index in [9.17, 15) is 31.6 Å². The highest BCUT2D eigenvalue weighted by atomic mass is 35.5. The molecule has 0 spiro atoms. The molecule has 0 saturated heterocycles. The number of nitrogens with zero attached hydrogens (tertiary/aromatic N) is 3. The number of aryl methyl sites for hydroxylation is 1. The van der Waals surface area contributed by atoms with Crippen LogP contribution in [0.1, 0.15) is 69.8 Å². The standard InChI is InChI=1S/C38H37Cl2F2N3O8S/c1-5-29(39)28(30(40)6-2)18-33(24-11-14-32(53-38(41)42)34(16-24)51-21-23-9-10-23)52-35(46)20-44-36(47)26-13-12-25(17-27(26)37(44)48)45(54(4,49)50)19-31-22(3)8-7-15-43-31/h5-8,11-17,23,33,38H,1,9-10,18-21H2,2-4H3/b29-28+,30-6+/t33-/m0/s1. The van der Waals surface area contributed by atoms with Crippen LogP contribution in [0.2, 0.25) is 0 Å². The Balaban J connectivity index is 1.42. The maximum Gasteiger partial charge on any atom is 0.387 e. The molecule has 1 atom stereocenters. The molecule has 286 valence electrons. The summed E-state index contributed by atoms with van der Waals surface area (Å²) < 4.78 is 69.7. The van der Waals surface area contributed by atoms with Gasteiger partial charge in [0.05, 0.1) is 41.9 Å². The second-order valence-electron chi connectivity index (χ2n) is 12.7. The van der Waals surface area contributed by atoms with Gasteiger partial charge in [-0.05, 0) is 85.7 Å². The second-order valence-corrected chi connectivity index (χ2v) is 15.4. The molecule has 0 unspecified atom stereocenters. The van der Waals surface area contributed by atoms with Gasteiger partial charge in [-0.25, -0.2) is 8.42 Å². The number of carbonyl (C=O) groups is 3. The zero-order chi connectivity index (χ0) is 39.3. The van der Waals surface area contributed by atoms with Crippen molar-refractivity contribution in [2.45, 2.75) is 52.4 Å². The van der Waals surface area contributed by atoms with Crippen molar-refractivity contribution in [1.82, 2.24) is 9.88 Å². The van der Waals surface area contributed by atoms with E-state index in [1.54, 1.807) is 32.1 Å². The monoisotopic (exact) mass is 803 g/mol. The number of carbonyl (C=O) groups excluding carboxylic acids is 3. The molecule has 2 aliphatic rings. The van der Waals surface area contributed by atoms with E-state index in [2.05, 4.69) is 16.3 Å². The molecule has 5 rings (SSSR count). The molecule has 1 aliphatic carbocycles. The molecule has 2 heterocycles. The third-order valence-electron chi connectivity index (χ3n) is 8.74. The van der Waals surface area contributed by atoms with Crippen LogP contribution in [0.4, 0.5) is 14.5 Å². The van der Waals surface area contributed by atoms with Gasteiger partial charge < -0.3 is 14.2 Å². The molecule has 1 fully saturated rings. The summed E-state index contributed by atoms with van der Waals surface area (Å²) in [5.74, 6) is -2.59.